The number of nitrogens with one attached hydrogen (secondary N) is 1. The second kappa shape index (κ2) is 9.78. The van der Waals surface area contributed by atoms with Crippen LogP contribution in [0.5, 0.6) is 5.75 Å². The molecule has 1 saturated heterocycles. The SMILES string of the molecule is O=C(COc1cc(C(F)(F)F)cc(C(F)(F)F)c1)Nc1ccc(CN2CCOCC2)cc1. The molecule has 1 fully saturated rings. The fraction of sp³-hybridized carbons (Fsp3) is 0.381. The Hall–Kier alpha value is -2.79. The van der Waals surface area contributed by atoms with Crippen LogP contribution in [-0.4, -0.2) is 43.7 Å². The monoisotopic (exact) mass is 462 g/mol. The van der Waals surface area contributed by atoms with Crippen LogP contribution >= 0.6 is 0 Å². The minimum atomic E-state index is -5.00. The fourth-order valence-electron chi connectivity index (χ4n) is 3.07. The number of halogens is 6. The van der Waals surface area contributed by atoms with Crippen LogP contribution in [-0.2, 0) is 28.4 Å². The van der Waals surface area contributed by atoms with Crippen molar-refractivity contribution >= 4 is 11.6 Å². The lowest BCUT2D eigenvalue weighted by Gasteiger charge is -2.26. The molecule has 0 aliphatic carbocycles. The number of rotatable bonds is 6. The van der Waals surface area contributed by atoms with Crippen molar-refractivity contribution < 1.29 is 40.6 Å². The lowest BCUT2D eigenvalue weighted by atomic mass is 10.1. The van der Waals surface area contributed by atoms with E-state index in [0.29, 0.717) is 31.0 Å². The van der Waals surface area contributed by atoms with Crippen LogP contribution in [0.2, 0.25) is 0 Å². The number of carbonyl (C=O) groups excluding carboxylic acids is 1. The van der Waals surface area contributed by atoms with Gasteiger partial charge in [0, 0.05) is 25.3 Å². The van der Waals surface area contributed by atoms with Gasteiger partial charge in [0.25, 0.3) is 5.91 Å². The van der Waals surface area contributed by atoms with Crippen molar-refractivity contribution in [3.63, 3.8) is 0 Å². The fourth-order valence-corrected chi connectivity index (χ4v) is 3.07. The molecule has 5 nitrogen and oxygen atoms in total. The molecule has 2 aromatic carbocycles. The highest BCUT2D eigenvalue weighted by molar-refractivity contribution is 5.91. The topological polar surface area (TPSA) is 50.8 Å². The van der Waals surface area contributed by atoms with Crippen molar-refractivity contribution in [1.82, 2.24) is 4.90 Å². The second-order valence-electron chi connectivity index (χ2n) is 7.16. The Morgan fingerprint density at radius 1 is 0.938 bits per heavy atom. The molecule has 1 N–H and O–H groups in total. The van der Waals surface area contributed by atoms with Crippen LogP contribution in [0.25, 0.3) is 0 Å². The van der Waals surface area contributed by atoms with Crippen LogP contribution in [0.3, 0.4) is 0 Å². The van der Waals surface area contributed by atoms with E-state index in [-0.39, 0.29) is 6.07 Å². The molecular formula is C21H20F6N2O3. The smallest absolute Gasteiger partial charge is 0.416 e. The molecule has 1 aliphatic heterocycles. The summed E-state index contributed by atoms with van der Waals surface area (Å²) in [5.41, 5.74) is -1.59. The van der Waals surface area contributed by atoms with Gasteiger partial charge >= 0.3 is 12.4 Å². The first-order valence-corrected chi connectivity index (χ1v) is 9.62. The maximum Gasteiger partial charge on any atom is 0.416 e. The van der Waals surface area contributed by atoms with E-state index in [1.54, 1.807) is 12.1 Å². The van der Waals surface area contributed by atoms with Gasteiger partial charge in [0.05, 0.1) is 24.3 Å². The normalized spacial score (nSPS) is 15.4. The quantitative estimate of drug-likeness (QED) is 0.639. The molecule has 1 aliphatic rings. The highest BCUT2D eigenvalue weighted by Gasteiger charge is 2.37. The zero-order chi connectivity index (χ0) is 23.4. The third kappa shape index (κ3) is 6.86. The van der Waals surface area contributed by atoms with E-state index in [1.807, 2.05) is 12.1 Å². The van der Waals surface area contributed by atoms with Gasteiger partial charge in [-0.1, -0.05) is 12.1 Å². The highest BCUT2D eigenvalue weighted by Crippen LogP contribution is 2.38. The molecule has 2 aromatic rings. The molecule has 11 heteroatoms. The van der Waals surface area contributed by atoms with Gasteiger partial charge in [-0.3, -0.25) is 9.69 Å². The number of alkyl halides is 6. The van der Waals surface area contributed by atoms with Gasteiger partial charge in [0.1, 0.15) is 5.75 Å². The first kappa shape index (κ1) is 23.9. The molecule has 32 heavy (non-hydrogen) atoms. The van der Waals surface area contributed by atoms with E-state index < -0.39 is 41.7 Å². The Kier molecular flexibility index (Phi) is 7.29. The molecule has 3 rings (SSSR count). The maximum atomic E-state index is 12.9. The Bertz CT molecular complexity index is 890. The van der Waals surface area contributed by atoms with E-state index in [2.05, 4.69) is 10.2 Å². The Morgan fingerprint density at radius 3 is 2.03 bits per heavy atom. The van der Waals surface area contributed by atoms with Crippen molar-refractivity contribution in [2.75, 3.05) is 38.2 Å². The number of morpholine rings is 1. The maximum absolute atomic E-state index is 12.9. The summed E-state index contributed by atoms with van der Waals surface area (Å²) in [6.07, 6.45) is -9.99. The summed E-state index contributed by atoms with van der Waals surface area (Å²) in [6, 6.07) is 7.76. The first-order chi connectivity index (χ1) is 15.0. The number of hydrogen-bond donors (Lipinski definition) is 1. The minimum Gasteiger partial charge on any atom is -0.484 e. The molecule has 0 bridgehead atoms. The molecule has 0 spiro atoms. The molecular weight excluding hydrogens is 442 g/mol. The van der Waals surface area contributed by atoms with Gasteiger partial charge in [-0.25, -0.2) is 0 Å². The molecule has 174 valence electrons. The summed E-state index contributed by atoms with van der Waals surface area (Å²) in [5, 5.41) is 2.49. The standard InChI is InChI=1S/C21H20F6N2O3/c22-20(23,24)15-9-16(21(25,26)27)11-18(10-15)32-13-19(30)28-17-3-1-14(2-4-17)12-29-5-7-31-8-6-29/h1-4,9-11H,5-8,12-13H2,(H,28,30). The molecule has 0 saturated carbocycles. The molecule has 1 amide bonds. The first-order valence-electron chi connectivity index (χ1n) is 9.62. The molecule has 0 atom stereocenters. The number of nitrogens with zero attached hydrogens (tertiary/aromatic N) is 1. The predicted molar refractivity (Wildman–Crippen MR) is 103 cm³/mol. The van der Waals surface area contributed by atoms with Gasteiger partial charge in [-0.05, 0) is 35.9 Å². The van der Waals surface area contributed by atoms with Crippen LogP contribution < -0.4 is 10.1 Å². The number of benzene rings is 2. The predicted octanol–water partition coefficient (Wildman–Crippen LogP) is 4.57. The van der Waals surface area contributed by atoms with Crippen molar-refractivity contribution in [2.24, 2.45) is 0 Å². The molecule has 1 heterocycles. The zero-order valence-electron chi connectivity index (χ0n) is 16.7. The van der Waals surface area contributed by atoms with E-state index in [0.717, 1.165) is 25.2 Å². The van der Waals surface area contributed by atoms with Crippen molar-refractivity contribution in [3.05, 3.63) is 59.2 Å². The van der Waals surface area contributed by atoms with Gasteiger partial charge < -0.3 is 14.8 Å². The van der Waals surface area contributed by atoms with Crippen molar-refractivity contribution in [3.8, 4) is 5.75 Å². The zero-order valence-corrected chi connectivity index (χ0v) is 16.7. The summed E-state index contributed by atoms with van der Waals surface area (Å²) < 4.78 is 87.5. The van der Waals surface area contributed by atoms with Gasteiger partial charge in [0.2, 0.25) is 0 Å². The van der Waals surface area contributed by atoms with Crippen molar-refractivity contribution in [1.29, 1.82) is 0 Å². The molecule has 0 radical (unpaired) electrons. The number of hydrogen-bond acceptors (Lipinski definition) is 4. The summed E-state index contributed by atoms with van der Waals surface area (Å²) in [5.74, 6) is -1.43. The summed E-state index contributed by atoms with van der Waals surface area (Å²) >= 11 is 0. The Balaban J connectivity index is 1.58. The Labute approximate surface area is 179 Å². The van der Waals surface area contributed by atoms with Gasteiger partial charge in [-0.2, -0.15) is 26.3 Å². The van der Waals surface area contributed by atoms with E-state index >= 15 is 0 Å². The molecule has 0 unspecified atom stereocenters. The molecule has 0 aromatic heterocycles. The van der Waals surface area contributed by atoms with Crippen LogP contribution in [0, 0.1) is 0 Å². The third-order valence-electron chi connectivity index (χ3n) is 4.68. The minimum absolute atomic E-state index is 0.00853. The third-order valence-corrected chi connectivity index (χ3v) is 4.68. The van der Waals surface area contributed by atoms with E-state index in [9.17, 15) is 31.1 Å². The summed E-state index contributed by atoms with van der Waals surface area (Å²) in [4.78, 5) is 14.3. The number of carbonyl (C=O) groups is 1. The average Bonchev–Trinajstić information content (AvgIpc) is 2.73. The highest BCUT2D eigenvalue weighted by atomic mass is 19.4. The lowest BCUT2D eigenvalue weighted by Crippen LogP contribution is -2.35. The number of anilines is 1. The van der Waals surface area contributed by atoms with Crippen LogP contribution in [0.1, 0.15) is 16.7 Å². The lowest BCUT2D eigenvalue weighted by molar-refractivity contribution is -0.143. The average molecular weight is 462 g/mol. The number of ether oxygens (including phenoxy) is 2. The largest absolute Gasteiger partial charge is 0.484 e. The second-order valence-corrected chi connectivity index (χ2v) is 7.16. The summed E-state index contributed by atoms with van der Waals surface area (Å²) in [7, 11) is 0. The summed E-state index contributed by atoms with van der Waals surface area (Å²) in [6.45, 7) is 2.95. The van der Waals surface area contributed by atoms with Crippen LogP contribution in [0.4, 0.5) is 32.0 Å². The van der Waals surface area contributed by atoms with Gasteiger partial charge in [0.15, 0.2) is 6.61 Å². The number of amides is 1. The van der Waals surface area contributed by atoms with Crippen molar-refractivity contribution in [2.45, 2.75) is 18.9 Å². The van der Waals surface area contributed by atoms with Gasteiger partial charge in [-0.15, -0.1) is 0 Å². The van der Waals surface area contributed by atoms with E-state index in [4.69, 9.17) is 9.47 Å². The Morgan fingerprint density at radius 2 is 1.50 bits per heavy atom. The van der Waals surface area contributed by atoms with E-state index in [1.165, 1.54) is 0 Å². The van der Waals surface area contributed by atoms with Crippen LogP contribution in [0.15, 0.2) is 42.5 Å².